The summed E-state index contributed by atoms with van der Waals surface area (Å²) in [5.41, 5.74) is 7.29. The molecule has 1 aromatic rings. The van der Waals surface area contributed by atoms with Gasteiger partial charge in [0.25, 0.3) is 0 Å². The van der Waals surface area contributed by atoms with Crippen molar-refractivity contribution in [2.75, 3.05) is 32.7 Å². The SMILES string of the molecule is NCC(c1cccc(Cl)c1)N1CCC(N2CCCC2)C1. The third-order valence-electron chi connectivity index (χ3n) is 4.75. The number of likely N-dealkylation sites (tertiary alicyclic amines) is 2. The van der Waals surface area contributed by atoms with E-state index in [0.717, 1.165) is 24.2 Å². The Morgan fingerprint density at radius 2 is 2.05 bits per heavy atom. The van der Waals surface area contributed by atoms with Crippen LogP contribution < -0.4 is 5.73 Å². The van der Waals surface area contributed by atoms with Crippen LogP contribution in [0.4, 0.5) is 0 Å². The summed E-state index contributed by atoms with van der Waals surface area (Å²) in [6.07, 6.45) is 4.01. The van der Waals surface area contributed by atoms with Gasteiger partial charge in [-0.1, -0.05) is 23.7 Å². The first-order valence-electron chi connectivity index (χ1n) is 7.71. The van der Waals surface area contributed by atoms with Gasteiger partial charge in [-0.2, -0.15) is 0 Å². The first-order valence-corrected chi connectivity index (χ1v) is 8.09. The minimum absolute atomic E-state index is 0.307. The predicted molar refractivity (Wildman–Crippen MR) is 84.0 cm³/mol. The van der Waals surface area contributed by atoms with Crippen molar-refractivity contribution in [1.82, 2.24) is 9.80 Å². The second-order valence-corrected chi connectivity index (χ2v) is 6.42. The number of rotatable bonds is 4. The number of nitrogens with zero attached hydrogens (tertiary/aromatic N) is 2. The molecule has 2 saturated heterocycles. The van der Waals surface area contributed by atoms with Crippen LogP contribution in [0.5, 0.6) is 0 Å². The van der Waals surface area contributed by atoms with Crippen LogP contribution >= 0.6 is 11.6 Å². The summed E-state index contributed by atoms with van der Waals surface area (Å²) in [7, 11) is 0. The lowest BCUT2D eigenvalue weighted by molar-refractivity contribution is 0.203. The Bertz CT molecular complexity index is 445. The molecule has 4 heteroatoms. The monoisotopic (exact) mass is 293 g/mol. The van der Waals surface area contributed by atoms with Crippen LogP contribution in [0.2, 0.25) is 5.02 Å². The molecular weight excluding hydrogens is 270 g/mol. The molecule has 0 spiro atoms. The molecule has 2 aliphatic rings. The average Bonchev–Trinajstić information content (AvgIpc) is 3.10. The van der Waals surface area contributed by atoms with Gasteiger partial charge in [0.15, 0.2) is 0 Å². The topological polar surface area (TPSA) is 32.5 Å². The van der Waals surface area contributed by atoms with Crippen LogP contribution in [0.1, 0.15) is 30.9 Å². The molecule has 2 unspecified atom stereocenters. The second kappa shape index (κ2) is 6.44. The van der Waals surface area contributed by atoms with Crippen molar-refractivity contribution in [2.45, 2.75) is 31.3 Å². The zero-order valence-electron chi connectivity index (χ0n) is 12.0. The van der Waals surface area contributed by atoms with E-state index in [-0.39, 0.29) is 0 Å². The van der Waals surface area contributed by atoms with E-state index in [4.69, 9.17) is 17.3 Å². The van der Waals surface area contributed by atoms with E-state index < -0.39 is 0 Å². The van der Waals surface area contributed by atoms with Crippen molar-refractivity contribution >= 4 is 11.6 Å². The van der Waals surface area contributed by atoms with Gasteiger partial charge in [0.1, 0.15) is 0 Å². The van der Waals surface area contributed by atoms with Crippen molar-refractivity contribution < 1.29 is 0 Å². The molecule has 0 radical (unpaired) electrons. The van der Waals surface area contributed by atoms with E-state index in [0.29, 0.717) is 12.6 Å². The maximum absolute atomic E-state index is 6.12. The smallest absolute Gasteiger partial charge is 0.0471 e. The minimum Gasteiger partial charge on any atom is -0.329 e. The first-order chi connectivity index (χ1) is 9.78. The maximum atomic E-state index is 6.12. The zero-order valence-corrected chi connectivity index (χ0v) is 12.7. The standard InChI is InChI=1S/C16H24ClN3/c17-14-5-3-4-13(10-14)16(11-18)20-9-6-15(12-20)19-7-1-2-8-19/h3-5,10,15-16H,1-2,6-9,11-12,18H2. The van der Waals surface area contributed by atoms with Gasteiger partial charge in [-0.05, 0) is 50.0 Å². The van der Waals surface area contributed by atoms with Crippen molar-refractivity contribution in [2.24, 2.45) is 5.73 Å². The van der Waals surface area contributed by atoms with Crippen LogP contribution in [0.3, 0.4) is 0 Å². The molecule has 2 atom stereocenters. The van der Waals surface area contributed by atoms with Crippen LogP contribution in [-0.2, 0) is 0 Å². The van der Waals surface area contributed by atoms with Gasteiger partial charge in [0, 0.05) is 36.7 Å². The molecule has 0 bridgehead atoms. The molecule has 3 nitrogen and oxygen atoms in total. The van der Waals surface area contributed by atoms with Gasteiger partial charge in [0.05, 0.1) is 0 Å². The number of hydrogen-bond donors (Lipinski definition) is 1. The van der Waals surface area contributed by atoms with Crippen molar-refractivity contribution in [3.8, 4) is 0 Å². The third kappa shape index (κ3) is 3.01. The highest BCUT2D eigenvalue weighted by Gasteiger charge is 2.32. The Morgan fingerprint density at radius 3 is 2.75 bits per heavy atom. The fourth-order valence-corrected chi connectivity index (χ4v) is 3.86. The number of benzene rings is 1. The lowest BCUT2D eigenvalue weighted by Crippen LogP contribution is -2.38. The van der Waals surface area contributed by atoms with Crippen molar-refractivity contribution in [1.29, 1.82) is 0 Å². The summed E-state index contributed by atoms with van der Waals surface area (Å²) in [4.78, 5) is 5.19. The second-order valence-electron chi connectivity index (χ2n) is 5.99. The van der Waals surface area contributed by atoms with Gasteiger partial charge in [0.2, 0.25) is 0 Å². The summed E-state index contributed by atoms with van der Waals surface area (Å²) >= 11 is 6.12. The average molecular weight is 294 g/mol. The van der Waals surface area contributed by atoms with Crippen LogP contribution in [-0.4, -0.2) is 48.6 Å². The lowest BCUT2D eigenvalue weighted by atomic mass is 10.1. The Hall–Kier alpha value is -0.610. The predicted octanol–water partition coefficient (Wildman–Crippen LogP) is 2.51. The summed E-state index contributed by atoms with van der Waals surface area (Å²) in [5.74, 6) is 0. The van der Waals surface area contributed by atoms with E-state index >= 15 is 0 Å². The minimum atomic E-state index is 0.307. The Morgan fingerprint density at radius 1 is 1.25 bits per heavy atom. The normalized spacial score (nSPS) is 26.2. The quantitative estimate of drug-likeness (QED) is 0.926. The molecule has 2 N–H and O–H groups in total. The Labute approximate surface area is 126 Å². The van der Waals surface area contributed by atoms with Gasteiger partial charge in [-0.25, -0.2) is 0 Å². The molecule has 2 fully saturated rings. The summed E-state index contributed by atoms with van der Waals surface area (Å²) in [6, 6.07) is 9.19. The van der Waals surface area contributed by atoms with E-state index in [2.05, 4.69) is 21.9 Å². The molecule has 2 aliphatic heterocycles. The fourth-order valence-electron chi connectivity index (χ4n) is 3.67. The largest absolute Gasteiger partial charge is 0.329 e. The summed E-state index contributed by atoms with van der Waals surface area (Å²) in [5, 5.41) is 0.802. The molecule has 1 aromatic carbocycles. The molecule has 0 aliphatic carbocycles. The first kappa shape index (κ1) is 14.3. The summed E-state index contributed by atoms with van der Waals surface area (Å²) in [6.45, 7) is 5.52. The van der Waals surface area contributed by atoms with Crippen molar-refractivity contribution in [3.05, 3.63) is 34.9 Å². The molecule has 0 aromatic heterocycles. The molecule has 2 heterocycles. The van der Waals surface area contributed by atoms with Gasteiger partial charge >= 0.3 is 0 Å². The zero-order chi connectivity index (χ0) is 13.9. The number of hydrogen-bond acceptors (Lipinski definition) is 3. The molecule has 3 rings (SSSR count). The molecule has 110 valence electrons. The maximum Gasteiger partial charge on any atom is 0.0471 e. The highest BCUT2D eigenvalue weighted by atomic mass is 35.5. The third-order valence-corrected chi connectivity index (χ3v) is 4.98. The van der Waals surface area contributed by atoms with Crippen molar-refractivity contribution in [3.63, 3.8) is 0 Å². The number of halogens is 1. The van der Waals surface area contributed by atoms with Crippen LogP contribution in [0.25, 0.3) is 0 Å². The Kier molecular flexibility index (Phi) is 4.61. The highest BCUT2D eigenvalue weighted by molar-refractivity contribution is 6.30. The van der Waals surface area contributed by atoms with Crippen LogP contribution in [0, 0.1) is 0 Å². The van der Waals surface area contributed by atoms with Gasteiger partial charge in [-0.15, -0.1) is 0 Å². The van der Waals surface area contributed by atoms with E-state index in [9.17, 15) is 0 Å². The number of nitrogens with two attached hydrogens (primary N) is 1. The molecular formula is C16H24ClN3. The fraction of sp³-hybridized carbons (Fsp3) is 0.625. The van der Waals surface area contributed by atoms with E-state index in [1.165, 1.54) is 37.9 Å². The Balaban J connectivity index is 1.68. The molecule has 20 heavy (non-hydrogen) atoms. The van der Waals surface area contributed by atoms with E-state index in [1.807, 2.05) is 12.1 Å². The van der Waals surface area contributed by atoms with Gasteiger partial charge < -0.3 is 5.73 Å². The lowest BCUT2D eigenvalue weighted by Gasteiger charge is -2.29. The van der Waals surface area contributed by atoms with Gasteiger partial charge in [-0.3, -0.25) is 9.80 Å². The summed E-state index contributed by atoms with van der Waals surface area (Å²) < 4.78 is 0. The van der Waals surface area contributed by atoms with E-state index in [1.54, 1.807) is 0 Å². The van der Waals surface area contributed by atoms with Crippen LogP contribution in [0.15, 0.2) is 24.3 Å². The highest BCUT2D eigenvalue weighted by Crippen LogP contribution is 2.29. The molecule has 0 saturated carbocycles. The molecule has 0 amide bonds.